The van der Waals surface area contributed by atoms with Crippen LogP contribution in [0.1, 0.15) is 32.6 Å². The minimum absolute atomic E-state index is 0.0256. The lowest BCUT2D eigenvalue weighted by molar-refractivity contribution is -0.138. The Bertz CT molecular complexity index is 380. The maximum absolute atomic E-state index is 11.5. The minimum Gasteiger partial charge on any atom is -0.481 e. The lowest BCUT2D eigenvalue weighted by Gasteiger charge is -2.15. The second-order valence-corrected chi connectivity index (χ2v) is 6.36. The van der Waals surface area contributed by atoms with Crippen LogP contribution in [0.25, 0.3) is 0 Å². The second kappa shape index (κ2) is 9.69. The van der Waals surface area contributed by atoms with Gasteiger partial charge in [-0.05, 0) is 26.2 Å². The molecule has 0 fully saturated rings. The van der Waals surface area contributed by atoms with E-state index in [0.29, 0.717) is 19.4 Å². The molecule has 2 unspecified atom stereocenters. The summed E-state index contributed by atoms with van der Waals surface area (Å²) in [5.74, 6) is -1.82. The van der Waals surface area contributed by atoms with E-state index in [9.17, 15) is 19.0 Å². The van der Waals surface area contributed by atoms with Crippen LogP contribution in [0.4, 0.5) is 0 Å². The first-order valence-corrected chi connectivity index (χ1v) is 7.95. The van der Waals surface area contributed by atoms with Gasteiger partial charge in [-0.2, -0.15) is 0 Å². The van der Waals surface area contributed by atoms with Gasteiger partial charge in [0.2, 0.25) is 0 Å². The highest BCUT2D eigenvalue weighted by molar-refractivity contribution is 7.54. The Kier molecular flexibility index (Phi) is 9.12. The number of unbranched alkanes of at least 4 members (excludes halogenated alkanes) is 3. The summed E-state index contributed by atoms with van der Waals surface area (Å²) in [6, 6.07) is 0. The van der Waals surface area contributed by atoms with Gasteiger partial charge in [-0.3, -0.25) is 9.36 Å². The van der Waals surface area contributed by atoms with Crippen molar-refractivity contribution in [1.82, 2.24) is 0 Å². The molecule has 0 spiro atoms. The molecule has 0 aromatic heterocycles. The molecule has 0 radical (unpaired) electrons. The molecule has 0 saturated carbocycles. The minimum atomic E-state index is -4.10. The summed E-state index contributed by atoms with van der Waals surface area (Å²) < 4.78 is 21.0. The molecule has 0 aliphatic heterocycles. The quantitative estimate of drug-likeness (QED) is 0.260. The van der Waals surface area contributed by atoms with Gasteiger partial charge in [-0.25, -0.2) is 4.79 Å². The molecule has 0 aromatic carbocycles. The summed E-state index contributed by atoms with van der Waals surface area (Å²) in [5, 5.41) is 8.62. The molecule has 0 saturated heterocycles. The number of ether oxygens (including phenoxy) is 1. The van der Waals surface area contributed by atoms with Crippen molar-refractivity contribution in [3.8, 4) is 0 Å². The number of aliphatic carboxylic acids is 1. The SMILES string of the molecule is C=CC(=O)OCCCCCCOP(=O)(O)C(C)C(=O)O. The fourth-order valence-electron chi connectivity index (χ4n) is 1.24. The van der Waals surface area contributed by atoms with Crippen molar-refractivity contribution in [2.75, 3.05) is 13.2 Å². The molecule has 116 valence electrons. The van der Waals surface area contributed by atoms with Gasteiger partial charge < -0.3 is 19.3 Å². The number of carbonyl (C=O) groups is 2. The number of carboxylic acids is 1. The summed E-state index contributed by atoms with van der Waals surface area (Å²) in [5.41, 5.74) is -1.43. The number of carbonyl (C=O) groups excluding carboxylic acids is 1. The van der Waals surface area contributed by atoms with Crippen molar-refractivity contribution in [3.63, 3.8) is 0 Å². The van der Waals surface area contributed by atoms with E-state index in [4.69, 9.17) is 14.4 Å². The van der Waals surface area contributed by atoms with E-state index in [-0.39, 0.29) is 6.61 Å². The predicted molar refractivity (Wildman–Crippen MR) is 72.5 cm³/mol. The molecule has 20 heavy (non-hydrogen) atoms. The summed E-state index contributed by atoms with van der Waals surface area (Å²) in [6.45, 7) is 4.73. The second-order valence-electron chi connectivity index (χ2n) is 4.20. The Morgan fingerprint density at radius 1 is 1.25 bits per heavy atom. The van der Waals surface area contributed by atoms with Crippen LogP contribution in [0, 0.1) is 0 Å². The van der Waals surface area contributed by atoms with E-state index in [2.05, 4.69) is 6.58 Å². The van der Waals surface area contributed by atoms with Gasteiger partial charge in [0, 0.05) is 6.08 Å². The molecule has 0 amide bonds. The Morgan fingerprint density at radius 3 is 2.30 bits per heavy atom. The number of hydrogen-bond acceptors (Lipinski definition) is 5. The molecule has 0 heterocycles. The average molecular weight is 308 g/mol. The standard InChI is InChI=1S/C12H21O7P/c1-3-11(13)18-8-6-4-5-7-9-19-20(16,17)10(2)12(14)15/h3,10H,1,4-9H2,2H3,(H,14,15)(H,16,17). The highest BCUT2D eigenvalue weighted by Crippen LogP contribution is 2.47. The molecule has 7 nitrogen and oxygen atoms in total. The highest BCUT2D eigenvalue weighted by atomic mass is 31.2. The average Bonchev–Trinajstić information content (AvgIpc) is 2.40. The fraction of sp³-hybridized carbons (Fsp3) is 0.667. The molecule has 0 bridgehead atoms. The van der Waals surface area contributed by atoms with Crippen molar-refractivity contribution < 1.29 is 33.4 Å². The van der Waals surface area contributed by atoms with E-state index in [1.807, 2.05) is 0 Å². The third-order valence-electron chi connectivity index (χ3n) is 2.57. The van der Waals surface area contributed by atoms with E-state index in [1.165, 1.54) is 0 Å². The predicted octanol–water partition coefficient (Wildman–Crippen LogP) is 1.95. The monoisotopic (exact) mass is 308 g/mol. The zero-order chi connectivity index (χ0) is 15.6. The Morgan fingerprint density at radius 2 is 1.80 bits per heavy atom. The molecule has 8 heteroatoms. The van der Waals surface area contributed by atoms with Crippen molar-refractivity contribution in [2.24, 2.45) is 0 Å². The van der Waals surface area contributed by atoms with E-state index in [1.54, 1.807) is 0 Å². The van der Waals surface area contributed by atoms with E-state index < -0.39 is 25.2 Å². The normalized spacial score (nSPS) is 15.1. The Labute approximate surface area is 118 Å². The molecule has 2 atom stereocenters. The third-order valence-corrected chi connectivity index (χ3v) is 4.33. The lowest BCUT2D eigenvalue weighted by atomic mass is 10.2. The summed E-state index contributed by atoms with van der Waals surface area (Å²) >= 11 is 0. The summed E-state index contributed by atoms with van der Waals surface area (Å²) in [6.07, 6.45) is 3.81. The number of hydrogen-bond donors (Lipinski definition) is 2. The van der Waals surface area contributed by atoms with Crippen LogP contribution >= 0.6 is 7.60 Å². The summed E-state index contributed by atoms with van der Waals surface area (Å²) in [7, 11) is -4.10. The van der Waals surface area contributed by atoms with Crippen LogP contribution in [0.5, 0.6) is 0 Å². The van der Waals surface area contributed by atoms with Gasteiger partial charge in [0.1, 0.15) is 0 Å². The van der Waals surface area contributed by atoms with Crippen molar-refractivity contribution in [1.29, 1.82) is 0 Å². The topological polar surface area (TPSA) is 110 Å². The first kappa shape index (κ1) is 18.8. The van der Waals surface area contributed by atoms with Gasteiger partial charge in [0.25, 0.3) is 0 Å². The Balaban J connectivity index is 3.62. The lowest BCUT2D eigenvalue weighted by Crippen LogP contribution is -2.17. The van der Waals surface area contributed by atoms with Crippen LogP contribution in [-0.2, 0) is 23.4 Å². The zero-order valence-corrected chi connectivity index (χ0v) is 12.4. The molecule has 0 rings (SSSR count). The van der Waals surface area contributed by atoms with Gasteiger partial charge in [0.15, 0.2) is 5.66 Å². The van der Waals surface area contributed by atoms with Crippen LogP contribution in [0.15, 0.2) is 12.7 Å². The van der Waals surface area contributed by atoms with Crippen molar-refractivity contribution >= 4 is 19.5 Å². The molecule has 0 aliphatic carbocycles. The number of carboxylic acid groups (broad SMARTS) is 1. The van der Waals surface area contributed by atoms with Crippen molar-refractivity contribution in [3.05, 3.63) is 12.7 Å². The molecular weight excluding hydrogens is 287 g/mol. The van der Waals surface area contributed by atoms with Gasteiger partial charge in [-0.15, -0.1) is 0 Å². The maximum Gasteiger partial charge on any atom is 0.342 e. The number of rotatable bonds is 11. The van der Waals surface area contributed by atoms with Crippen LogP contribution in [0.2, 0.25) is 0 Å². The largest absolute Gasteiger partial charge is 0.481 e. The van der Waals surface area contributed by atoms with Gasteiger partial charge in [-0.1, -0.05) is 13.0 Å². The van der Waals surface area contributed by atoms with Crippen LogP contribution in [0.3, 0.4) is 0 Å². The zero-order valence-electron chi connectivity index (χ0n) is 11.5. The summed E-state index contributed by atoms with van der Waals surface area (Å²) in [4.78, 5) is 30.6. The van der Waals surface area contributed by atoms with Crippen molar-refractivity contribution in [2.45, 2.75) is 38.3 Å². The smallest absolute Gasteiger partial charge is 0.342 e. The Hall–Kier alpha value is -1.17. The van der Waals surface area contributed by atoms with Gasteiger partial charge in [0.05, 0.1) is 13.2 Å². The van der Waals surface area contributed by atoms with Gasteiger partial charge >= 0.3 is 19.5 Å². The first-order valence-electron chi connectivity index (χ1n) is 6.30. The first-order chi connectivity index (χ1) is 9.31. The molecule has 0 aliphatic rings. The van der Waals surface area contributed by atoms with E-state index >= 15 is 0 Å². The van der Waals surface area contributed by atoms with E-state index in [0.717, 1.165) is 25.8 Å². The van der Waals surface area contributed by atoms with Crippen LogP contribution < -0.4 is 0 Å². The molecule has 2 N–H and O–H groups in total. The number of esters is 1. The molecule has 0 aromatic rings. The fourth-order valence-corrected chi connectivity index (χ4v) is 2.13. The maximum atomic E-state index is 11.5. The third kappa shape index (κ3) is 8.09. The molecular formula is C12H21O7P. The highest BCUT2D eigenvalue weighted by Gasteiger charge is 2.34. The van der Waals surface area contributed by atoms with Crippen LogP contribution in [-0.4, -0.2) is 40.8 Å².